The first-order chi connectivity index (χ1) is 24.1. The third-order valence-electron chi connectivity index (χ3n) is 8.10. The molecule has 0 saturated carbocycles. The van der Waals surface area contributed by atoms with Gasteiger partial charge < -0.3 is 38.4 Å². The normalized spacial score (nSPS) is 18.5. The first-order valence-corrected chi connectivity index (χ1v) is 20.0. The minimum absolute atomic E-state index is 0.0272. The maximum Gasteiger partial charge on any atom is 0.508 e. The number of rotatable bonds is 18. The van der Waals surface area contributed by atoms with Gasteiger partial charge in [0.15, 0.2) is 20.9 Å². The summed E-state index contributed by atoms with van der Waals surface area (Å²) < 4.78 is 56.6. The van der Waals surface area contributed by atoms with E-state index in [0.717, 1.165) is 11.8 Å². The summed E-state index contributed by atoms with van der Waals surface area (Å²) in [7, 11) is -2.73. The number of nitriles is 1. The van der Waals surface area contributed by atoms with Gasteiger partial charge in [-0.25, -0.2) is 13.2 Å². The Hall–Kier alpha value is -3.85. The number of likely N-dealkylation sites (tertiary alicyclic amines) is 1. The van der Waals surface area contributed by atoms with E-state index in [0.29, 0.717) is 29.6 Å². The molecule has 0 bridgehead atoms. The van der Waals surface area contributed by atoms with Crippen LogP contribution in [0.2, 0.25) is 0 Å². The summed E-state index contributed by atoms with van der Waals surface area (Å²) in [5.74, 6) is -1.77. The molecule has 1 N–H and O–H groups in total. The van der Waals surface area contributed by atoms with E-state index in [2.05, 4.69) is 16.5 Å². The van der Waals surface area contributed by atoms with Crippen LogP contribution >= 0.6 is 10.8 Å². The molecule has 6 atom stereocenters. The predicted molar refractivity (Wildman–Crippen MR) is 187 cm³/mol. The van der Waals surface area contributed by atoms with Crippen molar-refractivity contribution in [1.29, 1.82) is 5.26 Å². The number of aromatic nitrogens is 1. The number of benzene rings is 1. The SMILES string of the molecule is CCOC(COc1cc(C(C(=O)N2C[C@H](OC(=O)OC(C)C(C)SS(C)(=O)=O)C[C@H]2C(=O)NC(C)c2ccc(C#N)cc2)C(C)C)on1)OCC. The number of amides is 2. The van der Waals surface area contributed by atoms with Crippen LogP contribution in [0.4, 0.5) is 4.79 Å². The summed E-state index contributed by atoms with van der Waals surface area (Å²) in [5, 5.41) is 15.5. The molecule has 282 valence electrons. The number of hydrogen-bond acceptors (Lipinski definition) is 14. The van der Waals surface area contributed by atoms with Crippen molar-refractivity contribution in [3.05, 3.63) is 47.2 Å². The van der Waals surface area contributed by atoms with Crippen LogP contribution in [0.15, 0.2) is 34.9 Å². The average molecular weight is 753 g/mol. The van der Waals surface area contributed by atoms with E-state index in [4.69, 9.17) is 33.5 Å². The number of ether oxygens (including phenoxy) is 5. The molecule has 1 aliphatic heterocycles. The van der Waals surface area contributed by atoms with Crippen molar-refractivity contribution in [2.24, 2.45) is 5.92 Å². The van der Waals surface area contributed by atoms with Gasteiger partial charge in [0.1, 0.15) is 30.8 Å². The molecule has 15 nitrogen and oxygen atoms in total. The quantitative estimate of drug-likeness (QED) is 0.127. The van der Waals surface area contributed by atoms with Crippen LogP contribution in [-0.2, 0) is 37.4 Å². The lowest BCUT2D eigenvalue weighted by atomic mass is 9.91. The van der Waals surface area contributed by atoms with Gasteiger partial charge in [0.25, 0.3) is 5.88 Å². The molecule has 2 aromatic rings. The van der Waals surface area contributed by atoms with Crippen molar-refractivity contribution in [1.82, 2.24) is 15.4 Å². The second kappa shape index (κ2) is 19.1. The Bertz CT molecular complexity index is 1600. The highest BCUT2D eigenvalue weighted by Gasteiger charge is 2.45. The van der Waals surface area contributed by atoms with E-state index < -0.39 is 68.6 Å². The molecule has 0 spiro atoms. The van der Waals surface area contributed by atoms with E-state index in [1.165, 1.54) is 11.0 Å². The molecule has 4 unspecified atom stereocenters. The van der Waals surface area contributed by atoms with Gasteiger partial charge in [-0.05, 0) is 74.2 Å². The second-order valence-corrected chi connectivity index (χ2v) is 17.2. The van der Waals surface area contributed by atoms with Crippen molar-refractivity contribution in [2.45, 2.75) is 96.6 Å². The maximum absolute atomic E-state index is 14.3. The van der Waals surface area contributed by atoms with Gasteiger partial charge >= 0.3 is 6.16 Å². The monoisotopic (exact) mass is 752 g/mol. The summed E-state index contributed by atoms with van der Waals surface area (Å²) in [6.07, 6.45) is -2.36. The molecule has 1 aliphatic rings. The minimum atomic E-state index is -3.39. The number of carbonyl (C=O) groups excluding carboxylic acids is 3. The Labute approximate surface area is 302 Å². The Morgan fingerprint density at radius 1 is 1.10 bits per heavy atom. The highest BCUT2D eigenvalue weighted by Crippen LogP contribution is 2.33. The number of nitrogens with one attached hydrogen (secondary N) is 1. The number of carbonyl (C=O) groups is 3. The molecule has 2 heterocycles. The predicted octanol–water partition coefficient (Wildman–Crippen LogP) is 4.53. The zero-order valence-electron chi connectivity index (χ0n) is 30.2. The largest absolute Gasteiger partial charge is 0.508 e. The first kappa shape index (κ1) is 41.6. The molecule has 0 aliphatic carbocycles. The number of hydrogen-bond donors (Lipinski definition) is 1. The molecule has 0 radical (unpaired) electrons. The lowest BCUT2D eigenvalue weighted by molar-refractivity contribution is -0.153. The summed E-state index contributed by atoms with van der Waals surface area (Å²) in [6, 6.07) is 8.81. The minimum Gasteiger partial charge on any atom is -0.470 e. The molecule has 2 amide bonds. The van der Waals surface area contributed by atoms with Crippen molar-refractivity contribution >= 4 is 37.6 Å². The third-order valence-corrected chi connectivity index (χ3v) is 11.1. The van der Waals surface area contributed by atoms with Crippen LogP contribution < -0.4 is 10.1 Å². The Balaban J connectivity index is 1.82. The molecule has 17 heteroatoms. The van der Waals surface area contributed by atoms with Gasteiger partial charge in [-0.1, -0.05) is 26.0 Å². The summed E-state index contributed by atoms with van der Waals surface area (Å²) in [6.45, 7) is 13.0. The maximum atomic E-state index is 14.3. The molecule has 1 fully saturated rings. The standard InChI is InChI=1S/C34H48N4O11S2/c1-9-44-30(45-10-2)19-46-29-16-28(49-37-29)31(20(3)4)33(40)38-18-26(48-34(41)47-22(6)23(7)50-51(8,42)43)15-27(38)32(39)36-21(5)25-13-11-24(17-35)12-14-25/h11-14,16,20-23,26-27,30-31H,9-10,15,18-19H2,1-8H3,(H,36,39)/t21?,22?,23?,26-,27+,31?/m1/s1. The van der Waals surface area contributed by atoms with Crippen molar-refractivity contribution < 1.29 is 51.0 Å². The zero-order chi connectivity index (χ0) is 37.9. The summed E-state index contributed by atoms with van der Waals surface area (Å²) in [5.41, 5.74) is 1.22. The molecule has 51 heavy (non-hydrogen) atoms. The second-order valence-electron chi connectivity index (χ2n) is 12.5. The molecular formula is C34H48N4O11S2. The average Bonchev–Trinajstić information content (AvgIpc) is 3.70. The fourth-order valence-electron chi connectivity index (χ4n) is 5.45. The van der Waals surface area contributed by atoms with Gasteiger partial charge in [0.2, 0.25) is 11.8 Å². The highest BCUT2D eigenvalue weighted by atomic mass is 33.1. The molecule has 1 aromatic heterocycles. The van der Waals surface area contributed by atoms with E-state index in [9.17, 15) is 22.8 Å². The number of nitrogens with zero attached hydrogens (tertiary/aromatic N) is 3. The Kier molecular flexibility index (Phi) is 15.6. The van der Waals surface area contributed by atoms with E-state index >= 15 is 0 Å². The molecule has 1 saturated heterocycles. The van der Waals surface area contributed by atoms with Crippen molar-refractivity contribution in [2.75, 3.05) is 32.6 Å². The lowest BCUT2D eigenvalue weighted by Gasteiger charge is -2.29. The van der Waals surface area contributed by atoms with E-state index in [-0.39, 0.29) is 37.1 Å². The summed E-state index contributed by atoms with van der Waals surface area (Å²) >= 11 is 0. The highest BCUT2D eigenvalue weighted by molar-refractivity contribution is 8.72. The van der Waals surface area contributed by atoms with Crippen molar-refractivity contribution in [3.63, 3.8) is 0 Å². The van der Waals surface area contributed by atoms with E-state index in [1.807, 2.05) is 27.7 Å². The van der Waals surface area contributed by atoms with Crippen LogP contribution in [0, 0.1) is 17.2 Å². The van der Waals surface area contributed by atoms with Gasteiger partial charge in [0, 0.05) is 32.0 Å². The first-order valence-electron chi connectivity index (χ1n) is 16.8. The zero-order valence-corrected chi connectivity index (χ0v) is 31.8. The van der Waals surface area contributed by atoms with Gasteiger partial charge in [-0.3, -0.25) is 9.59 Å². The molecular weight excluding hydrogens is 705 g/mol. The van der Waals surface area contributed by atoms with Gasteiger partial charge in [-0.15, -0.1) is 0 Å². The molecule has 1 aromatic carbocycles. The van der Waals surface area contributed by atoms with E-state index in [1.54, 1.807) is 45.0 Å². The smallest absolute Gasteiger partial charge is 0.470 e. The van der Waals surface area contributed by atoms with Crippen LogP contribution in [0.3, 0.4) is 0 Å². The fourth-order valence-corrected chi connectivity index (χ4v) is 8.34. The topological polar surface area (TPSA) is 197 Å². The van der Waals surface area contributed by atoms with Gasteiger partial charge in [0.05, 0.1) is 29.5 Å². The summed E-state index contributed by atoms with van der Waals surface area (Å²) in [4.78, 5) is 42.3. The van der Waals surface area contributed by atoms with Crippen LogP contribution in [0.25, 0.3) is 0 Å². The van der Waals surface area contributed by atoms with Crippen LogP contribution in [-0.4, -0.2) is 98.9 Å². The van der Waals surface area contributed by atoms with Crippen molar-refractivity contribution in [3.8, 4) is 11.9 Å². The van der Waals surface area contributed by atoms with Crippen LogP contribution in [0.1, 0.15) is 83.7 Å². The third kappa shape index (κ3) is 12.4. The lowest BCUT2D eigenvalue weighted by Crippen LogP contribution is -2.48. The van der Waals surface area contributed by atoms with Crippen LogP contribution in [0.5, 0.6) is 5.88 Å². The Morgan fingerprint density at radius 3 is 2.31 bits per heavy atom. The molecule has 3 rings (SSSR count). The Morgan fingerprint density at radius 2 is 1.75 bits per heavy atom. The van der Waals surface area contributed by atoms with Gasteiger partial charge in [-0.2, -0.15) is 5.26 Å². The fraction of sp³-hybridized carbons (Fsp3) is 0.618.